The third-order valence-electron chi connectivity index (χ3n) is 10.8. The number of amides is 2. The van der Waals surface area contributed by atoms with Gasteiger partial charge in [0.05, 0.1) is 21.2 Å². The van der Waals surface area contributed by atoms with Gasteiger partial charge in [-0.3, -0.25) is 14.5 Å². The maximum absolute atomic E-state index is 14.1. The van der Waals surface area contributed by atoms with Crippen molar-refractivity contribution < 1.29 is 38.2 Å². The van der Waals surface area contributed by atoms with Crippen LogP contribution in [0.5, 0.6) is 5.75 Å². The largest absolute Gasteiger partial charge is 0.497 e. The number of thiazole rings is 1. The first-order chi connectivity index (χ1) is 29.1. The number of esters is 1. The van der Waals surface area contributed by atoms with Crippen molar-refractivity contribution >= 4 is 51.7 Å². The van der Waals surface area contributed by atoms with Gasteiger partial charge in [-0.2, -0.15) is 9.48 Å². The number of carbonyl (C=O) groups excluding carboxylic acids is 3. The molecule has 2 amide bonds. The van der Waals surface area contributed by atoms with Crippen molar-refractivity contribution in [3.63, 3.8) is 0 Å². The molecule has 0 radical (unpaired) electrons. The van der Waals surface area contributed by atoms with Gasteiger partial charge in [0.2, 0.25) is 0 Å². The number of benzene rings is 4. The van der Waals surface area contributed by atoms with Crippen LogP contribution >= 0.6 is 23.1 Å². The number of anilines is 1. The van der Waals surface area contributed by atoms with Gasteiger partial charge in [-0.05, 0) is 34.4 Å². The molecule has 60 heavy (non-hydrogen) atoms. The molecule has 4 heterocycles. The molecule has 2 unspecified atom stereocenters. The van der Waals surface area contributed by atoms with Gasteiger partial charge >= 0.3 is 5.97 Å². The molecule has 5 aromatic rings. The minimum absolute atomic E-state index is 0.00279. The Balaban J connectivity index is 1.04. The number of rotatable bonds is 14. The van der Waals surface area contributed by atoms with Crippen molar-refractivity contribution in [1.29, 1.82) is 0 Å². The van der Waals surface area contributed by atoms with E-state index in [1.807, 2.05) is 80.8 Å². The van der Waals surface area contributed by atoms with Crippen molar-refractivity contribution in [2.24, 2.45) is 5.16 Å². The maximum Gasteiger partial charge on any atom is 0.355 e. The third kappa shape index (κ3) is 8.00. The number of quaternary nitrogens is 1. The van der Waals surface area contributed by atoms with E-state index in [-0.39, 0.29) is 29.8 Å². The molecule has 15 heteroatoms. The Morgan fingerprint density at radius 1 is 0.917 bits per heavy atom. The number of carbonyl (C=O) groups is 3. The number of hydrogen-bond donors (Lipinski definition) is 2. The van der Waals surface area contributed by atoms with Crippen LogP contribution in [0.2, 0.25) is 0 Å². The molecule has 0 spiro atoms. The zero-order valence-corrected chi connectivity index (χ0v) is 35.2. The SMILES string of the molecule is CO/N=C(\C(=O)NC1C(=O)N2C(C(=O)OCc3ccc(OC)cc3)=C([C@H]3CC[N+](C)(C)O3)CSC12)c1csc(NC(c2ccccc2)(c2ccccc2)c2ccccc2)n1. The van der Waals surface area contributed by atoms with Crippen LogP contribution in [0.1, 0.15) is 34.4 Å². The van der Waals surface area contributed by atoms with Crippen molar-refractivity contribution in [3.8, 4) is 5.75 Å². The Bertz CT molecular complexity index is 2310. The zero-order valence-electron chi connectivity index (χ0n) is 33.6. The third-order valence-corrected chi connectivity index (χ3v) is 12.9. The number of nitrogens with one attached hydrogen (secondary N) is 2. The second-order valence-corrected chi connectivity index (χ2v) is 16.9. The maximum atomic E-state index is 14.1. The van der Waals surface area contributed by atoms with E-state index in [2.05, 4.69) is 52.2 Å². The minimum atomic E-state index is -0.953. The summed E-state index contributed by atoms with van der Waals surface area (Å²) < 4.78 is 11.4. The summed E-state index contributed by atoms with van der Waals surface area (Å²) in [6.07, 6.45) is 0.297. The summed E-state index contributed by atoms with van der Waals surface area (Å²) in [7, 11) is 6.83. The standard InChI is InChI=1S/C45H44N6O7S2/c1-51(2)25-24-36(58-51)34-27-59-42-38(41(53)50(42)39(34)43(54)57-26-29-20-22-33(55-3)23-21-29)47-40(52)37(49-56-4)35-28-60-44(46-35)48-45(30-14-8-5-9-15-30,31-16-10-6-11-17-31)32-18-12-7-13-19-32/h5-23,28,36,38,42H,24-27H2,1-4H3,(H-,46,47,48,52)/p+1/b49-37-/t36-,38?,42?/m1/s1. The molecule has 13 nitrogen and oxygen atoms in total. The summed E-state index contributed by atoms with van der Waals surface area (Å²) in [6, 6.07) is 36.6. The average molecular weight is 846 g/mol. The van der Waals surface area contributed by atoms with Gasteiger partial charge in [0, 0.05) is 23.1 Å². The summed E-state index contributed by atoms with van der Waals surface area (Å²) >= 11 is 2.77. The quantitative estimate of drug-likeness (QED) is 0.0338. The molecule has 0 saturated carbocycles. The first kappa shape index (κ1) is 40.8. The number of thioether (sulfide) groups is 1. The van der Waals surface area contributed by atoms with Gasteiger partial charge < -0.3 is 24.9 Å². The van der Waals surface area contributed by atoms with Crippen LogP contribution in [-0.4, -0.2) is 96.2 Å². The molecule has 2 N–H and O–H groups in total. The fourth-order valence-electron chi connectivity index (χ4n) is 7.82. The van der Waals surface area contributed by atoms with Crippen LogP contribution in [0, 0.1) is 0 Å². The molecule has 3 atom stereocenters. The molecular weight excluding hydrogens is 801 g/mol. The highest BCUT2D eigenvalue weighted by atomic mass is 32.2. The average Bonchev–Trinajstić information content (AvgIpc) is 3.91. The molecule has 4 aromatic carbocycles. The van der Waals surface area contributed by atoms with E-state index in [0.717, 1.165) is 28.8 Å². The van der Waals surface area contributed by atoms with Gasteiger partial charge in [-0.15, -0.1) is 23.1 Å². The number of aromatic nitrogens is 1. The molecule has 2 saturated heterocycles. The number of methoxy groups -OCH3 is 1. The smallest absolute Gasteiger partial charge is 0.355 e. The molecule has 0 bridgehead atoms. The van der Waals surface area contributed by atoms with Crippen LogP contribution in [-0.2, 0) is 40.9 Å². The van der Waals surface area contributed by atoms with Crippen LogP contribution in [0.15, 0.2) is 137 Å². The highest BCUT2D eigenvalue weighted by Gasteiger charge is 2.56. The summed E-state index contributed by atoms with van der Waals surface area (Å²) in [5, 5.41) is 12.4. The Kier molecular flexibility index (Phi) is 11.8. The van der Waals surface area contributed by atoms with Crippen molar-refractivity contribution in [2.45, 2.75) is 36.1 Å². The summed E-state index contributed by atoms with van der Waals surface area (Å²) in [4.78, 5) is 59.8. The van der Waals surface area contributed by atoms with E-state index in [1.165, 1.54) is 35.1 Å². The summed E-state index contributed by atoms with van der Waals surface area (Å²) in [6.45, 7) is 0.738. The second kappa shape index (κ2) is 17.3. The highest BCUT2D eigenvalue weighted by Crippen LogP contribution is 2.44. The number of ether oxygens (including phenoxy) is 2. The minimum Gasteiger partial charge on any atom is -0.497 e. The van der Waals surface area contributed by atoms with Crippen molar-refractivity contribution in [3.05, 3.63) is 160 Å². The molecular formula is C45H45N6O7S2+. The summed E-state index contributed by atoms with van der Waals surface area (Å²) in [5.41, 5.74) is 3.89. The number of nitrogens with zero attached hydrogens (tertiary/aromatic N) is 4. The lowest BCUT2D eigenvalue weighted by molar-refractivity contribution is -1.06. The van der Waals surface area contributed by atoms with E-state index in [1.54, 1.807) is 24.6 Å². The first-order valence-corrected chi connectivity index (χ1v) is 21.4. The molecule has 308 valence electrons. The topological polar surface area (TPSA) is 141 Å². The van der Waals surface area contributed by atoms with Crippen LogP contribution in [0.25, 0.3) is 0 Å². The number of fused-ring (bicyclic) bond motifs is 1. The molecule has 3 aliphatic heterocycles. The zero-order chi connectivity index (χ0) is 41.9. The van der Waals surface area contributed by atoms with Crippen molar-refractivity contribution in [2.75, 3.05) is 45.9 Å². The first-order valence-electron chi connectivity index (χ1n) is 19.4. The van der Waals surface area contributed by atoms with Gasteiger partial charge in [0.15, 0.2) is 10.8 Å². The van der Waals surface area contributed by atoms with Gasteiger partial charge in [0.25, 0.3) is 11.8 Å². The normalized spacial score (nSPS) is 19.9. The number of hydrogen-bond acceptors (Lipinski definition) is 12. The van der Waals surface area contributed by atoms with E-state index in [4.69, 9.17) is 24.1 Å². The Hall–Kier alpha value is -6.00. The molecule has 3 aliphatic rings. The lowest BCUT2D eigenvalue weighted by Crippen LogP contribution is -2.71. The van der Waals surface area contributed by atoms with E-state index in [9.17, 15) is 14.4 Å². The van der Waals surface area contributed by atoms with Crippen LogP contribution < -0.4 is 15.4 Å². The number of β-lactam (4-membered cyclic amide) rings is 1. The van der Waals surface area contributed by atoms with Gasteiger partial charge in [0.1, 0.15) is 60.5 Å². The fourth-order valence-corrected chi connectivity index (χ4v) is 9.98. The molecule has 0 aliphatic carbocycles. The van der Waals surface area contributed by atoms with Gasteiger partial charge in [-0.1, -0.05) is 108 Å². The Morgan fingerprint density at radius 3 is 2.08 bits per heavy atom. The van der Waals surface area contributed by atoms with Crippen LogP contribution in [0.3, 0.4) is 0 Å². The number of oxime groups is 1. The van der Waals surface area contributed by atoms with Crippen LogP contribution in [0.4, 0.5) is 5.13 Å². The van der Waals surface area contributed by atoms with E-state index >= 15 is 0 Å². The number of hydroxylamine groups is 3. The highest BCUT2D eigenvalue weighted by molar-refractivity contribution is 8.00. The Morgan fingerprint density at radius 2 is 1.53 bits per heavy atom. The second-order valence-electron chi connectivity index (χ2n) is 15.0. The van der Waals surface area contributed by atoms with Crippen molar-refractivity contribution in [1.82, 2.24) is 15.2 Å². The predicted molar refractivity (Wildman–Crippen MR) is 230 cm³/mol. The molecule has 8 rings (SSSR count). The fraction of sp³-hybridized carbons (Fsp3) is 0.267. The summed E-state index contributed by atoms with van der Waals surface area (Å²) in [5.74, 6) is -0.639. The lowest BCUT2D eigenvalue weighted by atomic mass is 9.77. The van der Waals surface area contributed by atoms with E-state index < -0.39 is 34.7 Å². The lowest BCUT2D eigenvalue weighted by Gasteiger charge is -2.50. The van der Waals surface area contributed by atoms with E-state index in [0.29, 0.717) is 33.3 Å². The van der Waals surface area contributed by atoms with Gasteiger partial charge in [-0.25, -0.2) is 9.78 Å². The molecule has 1 aromatic heterocycles. The Labute approximate surface area is 356 Å². The predicted octanol–water partition coefficient (Wildman–Crippen LogP) is 6.08. The monoisotopic (exact) mass is 845 g/mol. The molecule has 2 fully saturated rings.